The second-order valence-corrected chi connectivity index (χ2v) is 6.60. The molecule has 1 aliphatic rings. The zero-order chi connectivity index (χ0) is 14.8. The van der Waals surface area contributed by atoms with Gasteiger partial charge in [0.15, 0.2) is 5.65 Å². The van der Waals surface area contributed by atoms with Crippen LogP contribution in [0.15, 0.2) is 6.20 Å². The Balaban J connectivity index is 1.98. The van der Waals surface area contributed by atoms with Crippen molar-refractivity contribution in [2.75, 3.05) is 11.4 Å². The van der Waals surface area contributed by atoms with Gasteiger partial charge < -0.3 is 4.90 Å². The standard InChI is InChI=1S/C15H22ClN5/c1-10(2)7-8-21(11-5-3-4-6-11)14-12-9-17-20-13(12)18-15(16)19-14/h9-11H,3-8H2,1-2H3,(H,17,18,19,20). The minimum atomic E-state index is 0.286. The Morgan fingerprint density at radius 1 is 1.33 bits per heavy atom. The van der Waals surface area contributed by atoms with E-state index >= 15 is 0 Å². The van der Waals surface area contributed by atoms with E-state index in [9.17, 15) is 0 Å². The molecule has 5 nitrogen and oxygen atoms in total. The zero-order valence-electron chi connectivity index (χ0n) is 12.6. The van der Waals surface area contributed by atoms with Gasteiger partial charge in [-0.3, -0.25) is 5.10 Å². The largest absolute Gasteiger partial charge is 0.353 e. The summed E-state index contributed by atoms with van der Waals surface area (Å²) >= 11 is 6.10. The third-order valence-electron chi connectivity index (χ3n) is 4.25. The van der Waals surface area contributed by atoms with Gasteiger partial charge in [0.2, 0.25) is 5.28 Å². The van der Waals surface area contributed by atoms with Crippen molar-refractivity contribution in [1.82, 2.24) is 20.2 Å². The van der Waals surface area contributed by atoms with Crippen LogP contribution in [0.3, 0.4) is 0 Å². The Labute approximate surface area is 130 Å². The van der Waals surface area contributed by atoms with Crippen molar-refractivity contribution in [2.45, 2.75) is 52.0 Å². The zero-order valence-corrected chi connectivity index (χ0v) is 13.4. The highest BCUT2D eigenvalue weighted by Gasteiger charge is 2.26. The van der Waals surface area contributed by atoms with Crippen molar-refractivity contribution in [1.29, 1.82) is 0 Å². The molecule has 1 aliphatic carbocycles. The Kier molecular flexibility index (Phi) is 4.29. The van der Waals surface area contributed by atoms with Crippen LogP contribution in [0, 0.1) is 5.92 Å². The molecule has 6 heteroatoms. The van der Waals surface area contributed by atoms with Gasteiger partial charge in [0.05, 0.1) is 11.6 Å². The van der Waals surface area contributed by atoms with E-state index in [1.165, 1.54) is 25.7 Å². The maximum absolute atomic E-state index is 6.10. The summed E-state index contributed by atoms with van der Waals surface area (Å²) in [6.45, 7) is 5.52. The van der Waals surface area contributed by atoms with Crippen LogP contribution in [0.1, 0.15) is 46.0 Å². The van der Waals surface area contributed by atoms with E-state index in [0.717, 1.165) is 29.8 Å². The first-order valence-corrected chi connectivity index (χ1v) is 8.16. The van der Waals surface area contributed by atoms with Crippen LogP contribution in [0.5, 0.6) is 0 Å². The van der Waals surface area contributed by atoms with Gasteiger partial charge in [-0.1, -0.05) is 26.7 Å². The number of nitrogens with zero attached hydrogens (tertiary/aromatic N) is 4. The van der Waals surface area contributed by atoms with Crippen LogP contribution >= 0.6 is 11.6 Å². The van der Waals surface area contributed by atoms with E-state index < -0.39 is 0 Å². The number of halogens is 1. The molecular weight excluding hydrogens is 286 g/mol. The maximum Gasteiger partial charge on any atom is 0.226 e. The molecule has 0 saturated heterocycles. The third kappa shape index (κ3) is 3.12. The molecule has 114 valence electrons. The van der Waals surface area contributed by atoms with E-state index in [0.29, 0.717) is 12.0 Å². The third-order valence-corrected chi connectivity index (χ3v) is 4.42. The van der Waals surface area contributed by atoms with Crippen molar-refractivity contribution < 1.29 is 0 Å². The van der Waals surface area contributed by atoms with Crippen LogP contribution in [-0.2, 0) is 0 Å². The molecule has 2 heterocycles. The van der Waals surface area contributed by atoms with Crippen LogP contribution < -0.4 is 4.90 Å². The highest BCUT2D eigenvalue weighted by Crippen LogP contribution is 2.32. The molecule has 1 saturated carbocycles. The van der Waals surface area contributed by atoms with Crippen LogP contribution in [0.25, 0.3) is 11.0 Å². The average Bonchev–Trinajstić information content (AvgIpc) is 3.08. The summed E-state index contributed by atoms with van der Waals surface area (Å²) in [5.41, 5.74) is 0.720. The Hall–Kier alpha value is -1.36. The van der Waals surface area contributed by atoms with Crippen molar-refractivity contribution in [3.05, 3.63) is 11.5 Å². The highest BCUT2D eigenvalue weighted by atomic mass is 35.5. The van der Waals surface area contributed by atoms with Gasteiger partial charge in [-0.05, 0) is 36.8 Å². The van der Waals surface area contributed by atoms with Crippen LogP contribution in [0.4, 0.5) is 5.82 Å². The van der Waals surface area contributed by atoms with E-state index in [1.54, 1.807) is 6.20 Å². The predicted octanol–water partition coefficient (Wildman–Crippen LogP) is 3.80. The van der Waals surface area contributed by atoms with E-state index in [-0.39, 0.29) is 5.28 Å². The van der Waals surface area contributed by atoms with Crippen molar-refractivity contribution in [3.63, 3.8) is 0 Å². The molecular formula is C15H22ClN5. The van der Waals surface area contributed by atoms with Crippen LogP contribution in [-0.4, -0.2) is 32.8 Å². The normalized spacial score (nSPS) is 16.2. The highest BCUT2D eigenvalue weighted by molar-refractivity contribution is 6.28. The molecule has 2 aromatic heterocycles. The summed E-state index contributed by atoms with van der Waals surface area (Å²) in [6.07, 6.45) is 8.03. The molecule has 1 N–H and O–H groups in total. The molecule has 0 spiro atoms. The number of H-pyrrole nitrogens is 1. The maximum atomic E-state index is 6.10. The first kappa shape index (κ1) is 14.6. The summed E-state index contributed by atoms with van der Waals surface area (Å²) in [7, 11) is 0. The molecule has 0 aliphatic heterocycles. The molecule has 0 bridgehead atoms. The van der Waals surface area contributed by atoms with Crippen LogP contribution in [0.2, 0.25) is 5.28 Å². The second-order valence-electron chi connectivity index (χ2n) is 6.26. The van der Waals surface area contributed by atoms with Gasteiger partial charge in [0.25, 0.3) is 0 Å². The Morgan fingerprint density at radius 3 is 2.81 bits per heavy atom. The molecule has 0 aromatic carbocycles. The lowest BCUT2D eigenvalue weighted by atomic mass is 10.1. The summed E-state index contributed by atoms with van der Waals surface area (Å²) in [5.74, 6) is 1.61. The topological polar surface area (TPSA) is 57.7 Å². The van der Waals surface area contributed by atoms with Gasteiger partial charge in [-0.25, -0.2) is 0 Å². The number of nitrogens with one attached hydrogen (secondary N) is 1. The first-order valence-electron chi connectivity index (χ1n) is 7.78. The summed E-state index contributed by atoms with van der Waals surface area (Å²) in [5, 5.41) is 8.25. The smallest absolute Gasteiger partial charge is 0.226 e. The van der Waals surface area contributed by atoms with Crippen molar-refractivity contribution >= 4 is 28.5 Å². The lowest BCUT2D eigenvalue weighted by Gasteiger charge is -2.31. The van der Waals surface area contributed by atoms with Crippen molar-refractivity contribution in [2.24, 2.45) is 5.92 Å². The molecule has 2 aromatic rings. The SMILES string of the molecule is CC(C)CCN(c1nc(Cl)nc2[nH]ncc12)C1CCCC1. The van der Waals surface area contributed by atoms with Gasteiger partial charge in [-0.15, -0.1) is 0 Å². The number of anilines is 1. The fourth-order valence-corrected chi connectivity index (χ4v) is 3.25. The lowest BCUT2D eigenvalue weighted by Crippen LogP contribution is -2.35. The number of fused-ring (bicyclic) bond motifs is 1. The van der Waals surface area contributed by atoms with E-state index in [1.807, 2.05) is 0 Å². The van der Waals surface area contributed by atoms with E-state index in [2.05, 4.69) is 38.9 Å². The van der Waals surface area contributed by atoms with Gasteiger partial charge >= 0.3 is 0 Å². The van der Waals surface area contributed by atoms with Gasteiger partial charge in [-0.2, -0.15) is 15.1 Å². The van der Waals surface area contributed by atoms with Gasteiger partial charge in [0.1, 0.15) is 5.82 Å². The summed E-state index contributed by atoms with van der Waals surface area (Å²) in [4.78, 5) is 11.2. The monoisotopic (exact) mass is 307 g/mol. The molecule has 21 heavy (non-hydrogen) atoms. The number of aromatic nitrogens is 4. The second kappa shape index (κ2) is 6.18. The van der Waals surface area contributed by atoms with Crippen molar-refractivity contribution in [3.8, 4) is 0 Å². The number of rotatable bonds is 5. The molecule has 1 fully saturated rings. The van der Waals surface area contributed by atoms with Gasteiger partial charge in [0, 0.05) is 12.6 Å². The summed E-state index contributed by atoms with van der Waals surface area (Å²) in [6, 6.07) is 0.563. The minimum Gasteiger partial charge on any atom is -0.353 e. The number of hydrogen-bond acceptors (Lipinski definition) is 4. The number of aromatic amines is 1. The fourth-order valence-electron chi connectivity index (χ4n) is 3.09. The Bertz CT molecular complexity index is 603. The minimum absolute atomic E-state index is 0.286. The predicted molar refractivity (Wildman–Crippen MR) is 85.8 cm³/mol. The first-order chi connectivity index (χ1) is 10.1. The molecule has 0 atom stereocenters. The quantitative estimate of drug-likeness (QED) is 0.854. The van der Waals surface area contributed by atoms with E-state index in [4.69, 9.17) is 11.6 Å². The fraction of sp³-hybridized carbons (Fsp3) is 0.667. The average molecular weight is 308 g/mol. The number of hydrogen-bond donors (Lipinski definition) is 1. The molecule has 3 rings (SSSR count). The Morgan fingerprint density at radius 2 is 2.10 bits per heavy atom. The molecule has 0 unspecified atom stereocenters. The lowest BCUT2D eigenvalue weighted by molar-refractivity contribution is 0.526. The molecule has 0 amide bonds. The summed E-state index contributed by atoms with van der Waals surface area (Å²) < 4.78 is 0. The molecule has 0 radical (unpaired) electrons.